The number of fused-ring (bicyclic) bond motifs is 1. The van der Waals surface area contributed by atoms with Gasteiger partial charge in [0.1, 0.15) is 0 Å². The Morgan fingerprint density at radius 2 is 2.33 bits per heavy atom. The third-order valence-corrected chi connectivity index (χ3v) is 1.86. The summed E-state index contributed by atoms with van der Waals surface area (Å²) in [6, 6.07) is 1.92. The summed E-state index contributed by atoms with van der Waals surface area (Å²) in [5.74, 6) is 0.414. The first-order chi connectivity index (χ1) is 5.86. The average Bonchev–Trinajstić information content (AvgIpc) is 2.29. The third kappa shape index (κ3) is 1.28. The zero-order valence-electron chi connectivity index (χ0n) is 6.94. The van der Waals surface area contributed by atoms with Crippen LogP contribution in [0.15, 0.2) is 29.5 Å². The Morgan fingerprint density at radius 3 is 3.25 bits per heavy atom. The summed E-state index contributed by atoms with van der Waals surface area (Å²) >= 11 is 0. The largest absolute Gasteiger partial charge is 0.264 e. The molecule has 0 aliphatic carbocycles. The molecule has 2 rings (SSSR count). The van der Waals surface area contributed by atoms with Gasteiger partial charge >= 0.3 is 0 Å². The molecule has 0 bridgehead atoms. The maximum absolute atomic E-state index is 4.34. The Kier molecular flexibility index (Phi) is 1.74. The molecule has 2 heterocycles. The van der Waals surface area contributed by atoms with Gasteiger partial charge in [0.15, 0.2) is 0 Å². The van der Waals surface area contributed by atoms with Crippen molar-refractivity contribution in [1.29, 1.82) is 0 Å². The molecular formula is C10H10N2. The maximum atomic E-state index is 4.34. The Labute approximate surface area is 71.7 Å². The molecule has 12 heavy (non-hydrogen) atoms. The predicted octanol–water partition coefficient (Wildman–Crippen LogP) is 2.45. The normalized spacial score (nSPS) is 20.2. The fourth-order valence-corrected chi connectivity index (χ4v) is 1.15. The summed E-state index contributed by atoms with van der Waals surface area (Å²) in [6.07, 6.45) is 9.74. The molecular weight excluding hydrogens is 148 g/mol. The summed E-state index contributed by atoms with van der Waals surface area (Å²) in [6.45, 7) is 2.11. The first-order valence-corrected chi connectivity index (χ1v) is 4.02. The van der Waals surface area contributed by atoms with Gasteiger partial charge in [-0.25, -0.2) is 0 Å². The van der Waals surface area contributed by atoms with Crippen LogP contribution in [-0.2, 0) is 0 Å². The lowest BCUT2D eigenvalue weighted by Crippen LogP contribution is -1.86. The van der Waals surface area contributed by atoms with Crippen LogP contribution in [0.3, 0.4) is 0 Å². The molecule has 0 unspecified atom stereocenters. The van der Waals surface area contributed by atoms with E-state index in [9.17, 15) is 0 Å². The minimum Gasteiger partial charge on any atom is -0.264 e. The zero-order valence-corrected chi connectivity index (χ0v) is 6.94. The number of nitrogens with zero attached hydrogens (tertiary/aromatic N) is 2. The Bertz CT molecular complexity index is 306. The van der Waals surface area contributed by atoms with Gasteiger partial charge in [0, 0.05) is 30.1 Å². The molecule has 2 nitrogen and oxygen atoms in total. The van der Waals surface area contributed by atoms with Gasteiger partial charge in [0.2, 0.25) is 0 Å². The van der Waals surface area contributed by atoms with Gasteiger partial charge < -0.3 is 0 Å². The summed E-state index contributed by atoms with van der Waals surface area (Å²) < 4.78 is 0. The predicted molar refractivity (Wildman–Crippen MR) is 50.6 cm³/mol. The molecule has 2 heteroatoms. The fraction of sp³-hybridized carbons (Fsp3) is 0.200. The molecule has 0 saturated heterocycles. The third-order valence-electron chi connectivity index (χ3n) is 1.86. The molecule has 1 aromatic heterocycles. The highest BCUT2D eigenvalue weighted by molar-refractivity contribution is 5.76. The Balaban J connectivity index is 2.52. The molecule has 1 aliphatic rings. The molecule has 0 spiro atoms. The highest BCUT2D eigenvalue weighted by Crippen LogP contribution is 2.21. The van der Waals surface area contributed by atoms with Gasteiger partial charge in [-0.2, -0.15) is 0 Å². The lowest BCUT2D eigenvalue weighted by atomic mass is 10.1. The SMILES string of the molecule is C[C@H]1C=Cc2cnccc2N=C1. The maximum Gasteiger partial charge on any atom is 0.0728 e. The second kappa shape index (κ2) is 2.89. The molecule has 1 atom stereocenters. The Morgan fingerprint density at radius 1 is 1.42 bits per heavy atom. The van der Waals surface area contributed by atoms with Crippen LogP contribution in [0.2, 0.25) is 0 Å². The van der Waals surface area contributed by atoms with E-state index in [0.29, 0.717) is 5.92 Å². The summed E-state index contributed by atoms with van der Waals surface area (Å²) in [5, 5.41) is 0. The molecule has 0 saturated carbocycles. The van der Waals surface area contributed by atoms with Gasteiger partial charge in [-0.05, 0) is 6.07 Å². The average molecular weight is 158 g/mol. The van der Waals surface area contributed by atoms with Crippen LogP contribution in [0.4, 0.5) is 5.69 Å². The number of allylic oxidation sites excluding steroid dienone is 1. The second-order valence-electron chi connectivity index (χ2n) is 2.93. The highest BCUT2D eigenvalue weighted by atomic mass is 14.7. The molecule has 0 N–H and O–H groups in total. The van der Waals surface area contributed by atoms with E-state index in [-0.39, 0.29) is 0 Å². The standard InChI is InChI=1S/C10H10N2/c1-8-2-3-9-7-11-5-4-10(9)12-6-8/h2-8H,1H3/t8-/m0/s1. The van der Waals surface area contributed by atoms with E-state index in [1.54, 1.807) is 6.20 Å². The number of rotatable bonds is 0. The summed E-state index contributed by atoms with van der Waals surface area (Å²) in [7, 11) is 0. The van der Waals surface area contributed by atoms with Gasteiger partial charge in [-0.3, -0.25) is 9.98 Å². The molecule has 0 radical (unpaired) electrons. The summed E-state index contributed by atoms with van der Waals surface area (Å²) in [4.78, 5) is 8.38. The van der Waals surface area contributed by atoms with Crippen LogP contribution in [0.5, 0.6) is 0 Å². The van der Waals surface area contributed by atoms with E-state index < -0.39 is 0 Å². The van der Waals surface area contributed by atoms with E-state index in [0.717, 1.165) is 11.3 Å². The molecule has 0 amide bonds. The van der Waals surface area contributed by atoms with Crippen molar-refractivity contribution in [1.82, 2.24) is 4.98 Å². The number of hydrogen-bond donors (Lipinski definition) is 0. The number of pyridine rings is 1. The fourth-order valence-electron chi connectivity index (χ4n) is 1.15. The number of aliphatic imine (C=N–C) groups is 1. The first kappa shape index (κ1) is 7.22. The van der Waals surface area contributed by atoms with Gasteiger partial charge in [-0.1, -0.05) is 19.1 Å². The van der Waals surface area contributed by atoms with E-state index in [1.165, 1.54) is 0 Å². The monoisotopic (exact) mass is 158 g/mol. The van der Waals surface area contributed by atoms with E-state index in [2.05, 4.69) is 29.1 Å². The molecule has 0 aromatic carbocycles. The van der Waals surface area contributed by atoms with Crippen molar-refractivity contribution in [3.8, 4) is 0 Å². The smallest absolute Gasteiger partial charge is 0.0728 e. The van der Waals surface area contributed by atoms with E-state index in [1.807, 2.05) is 18.5 Å². The van der Waals surface area contributed by atoms with Crippen LogP contribution in [0, 0.1) is 5.92 Å². The van der Waals surface area contributed by atoms with Crippen molar-refractivity contribution >= 4 is 18.0 Å². The topological polar surface area (TPSA) is 25.2 Å². The van der Waals surface area contributed by atoms with Crippen LogP contribution in [0.1, 0.15) is 12.5 Å². The lowest BCUT2D eigenvalue weighted by molar-refractivity contribution is 1.04. The summed E-state index contributed by atoms with van der Waals surface area (Å²) in [5.41, 5.74) is 2.10. The van der Waals surface area contributed by atoms with Crippen molar-refractivity contribution in [3.05, 3.63) is 30.1 Å². The first-order valence-electron chi connectivity index (χ1n) is 4.02. The van der Waals surface area contributed by atoms with Crippen LogP contribution >= 0.6 is 0 Å². The van der Waals surface area contributed by atoms with E-state index in [4.69, 9.17) is 0 Å². The van der Waals surface area contributed by atoms with Crippen molar-refractivity contribution < 1.29 is 0 Å². The van der Waals surface area contributed by atoms with Gasteiger partial charge in [0.25, 0.3) is 0 Å². The molecule has 0 fully saturated rings. The van der Waals surface area contributed by atoms with E-state index >= 15 is 0 Å². The van der Waals surface area contributed by atoms with Crippen LogP contribution in [-0.4, -0.2) is 11.2 Å². The number of aromatic nitrogens is 1. The number of hydrogen-bond acceptors (Lipinski definition) is 2. The molecule has 1 aliphatic heterocycles. The molecule has 1 aromatic rings. The molecule has 60 valence electrons. The Hall–Kier alpha value is -1.44. The van der Waals surface area contributed by atoms with Crippen LogP contribution in [0.25, 0.3) is 6.08 Å². The van der Waals surface area contributed by atoms with Crippen LogP contribution < -0.4 is 0 Å². The van der Waals surface area contributed by atoms with Gasteiger partial charge in [0.05, 0.1) is 5.69 Å². The zero-order chi connectivity index (χ0) is 8.39. The lowest BCUT2D eigenvalue weighted by Gasteiger charge is -1.95. The highest BCUT2D eigenvalue weighted by Gasteiger charge is 2.01. The van der Waals surface area contributed by atoms with Crippen molar-refractivity contribution in [2.24, 2.45) is 10.9 Å². The van der Waals surface area contributed by atoms with Crippen molar-refractivity contribution in [2.45, 2.75) is 6.92 Å². The minimum atomic E-state index is 0.414. The van der Waals surface area contributed by atoms with Crippen molar-refractivity contribution in [2.75, 3.05) is 0 Å². The van der Waals surface area contributed by atoms with Crippen molar-refractivity contribution in [3.63, 3.8) is 0 Å². The quantitative estimate of drug-likeness (QED) is 0.569. The minimum absolute atomic E-state index is 0.414. The van der Waals surface area contributed by atoms with Gasteiger partial charge in [-0.15, -0.1) is 0 Å². The second-order valence-corrected chi connectivity index (χ2v) is 2.93.